The fourth-order valence-electron chi connectivity index (χ4n) is 3.64. The highest BCUT2D eigenvalue weighted by Crippen LogP contribution is 2.37. The Morgan fingerprint density at radius 1 is 1.11 bits per heavy atom. The molecule has 2 heteroatoms. The van der Waals surface area contributed by atoms with Crippen LogP contribution < -0.4 is 0 Å². The third-order valence-electron chi connectivity index (χ3n) is 4.52. The van der Waals surface area contributed by atoms with Crippen molar-refractivity contribution in [2.75, 3.05) is 0 Å². The summed E-state index contributed by atoms with van der Waals surface area (Å²) in [5.74, 6) is 0.298. The first kappa shape index (κ1) is 11.7. The second kappa shape index (κ2) is 5.12. The van der Waals surface area contributed by atoms with Crippen molar-refractivity contribution < 1.29 is 0 Å². The van der Waals surface area contributed by atoms with Crippen molar-refractivity contribution in [3.63, 3.8) is 0 Å². The van der Waals surface area contributed by atoms with E-state index in [2.05, 4.69) is 41.3 Å². The van der Waals surface area contributed by atoms with E-state index >= 15 is 0 Å². The van der Waals surface area contributed by atoms with Crippen LogP contribution in [0.1, 0.15) is 37.7 Å². The number of hydrogen-bond acceptors (Lipinski definition) is 2. The van der Waals surface area contributed by atoms with Gasteiger partial charge in [0.05, 0.1) is 6.07 Å². The van der Waals surface area contributed by atoms with Gasteiger partial charge in [-0.1, -0.05) is 36.8 Å². The van der Waals surface area contributed by atoms with Crippen molar-refractivity contribution in [3.8, 4) is 6.07 Å². The quantitative estimate of drug-likeness (QED) is 0.792. The van der Waals surface area contributed by atoms with Crippen LogP contribution in [-0.2, 0) is 6.54 Å². The van der Waals surface area contributed by atoms with Crippen LogP contribution in [0.3, 0.4) is 0 Å². The average Bonchev–Trinajstić information content (AvgIpc) is 2.39. The summed E-state index contributed by atoms with van der Waals surface area (Å²) in [6.45, 7) is 1.06. The van der Waals surface area contributed by atoms with Crippen LogP contribution >= 0.6 is 0 Å². The second-order valence-electron chi connectivity index (χ2n) is 5.69. The van der Waals surface area contributed by atoms with Crippen LogP contribution in [0.2, 0.25) is 0 Å². The number of fused-ring (bicyclic) bond motifs is 2. The lowest BCUT2D eigenvalue weighted by molar-refractivity contribution is 0.0184. The molecule has 0 aliphatic carbocycles. The van der Waals surface area contributed by atoms with Crippen LogP contribution in [0.5, 0.6) is 0 Å². The zero-order valence-electron chi connectivity index (χ0n) is 10.8. The Morgan fingerprint density at radius 3 is 2.39 bits per heavy atom. The molecule has 0 N–H and O–H groups in total. The molecule has 3 atom stereocenters. The van der Waals surface area contributed by atoms with E-state index in [-0.39, 0.29) is 0 Å². The van der Waals surface area contributed by atoms with Gasteiger partial charge in [0.15, 0.2) is 0 Å². The molecule has 2 fully saturated rings. The van der Waals surface area contributed by atoms with E-state index in [9.17, 15) is 0 Å². The van der Waals surface area contributed by atoms with Gasteiger partial charge in [0.1, 0.15) is 0 Å². The molecule has 0 saturated carbocycles. The Balaban J connectivity index is 1.74. The van der Waals surface area contributed by atoms with Gasteiger partial charge in [-0.15, -0.1) is 0 Å². The van der Waals surface area contributed by atoms with Crippen molar-refractivity contribution in [2.24, 2.45) is 5.92 Å². The topological polar surface area (TPSA) is 27.0 Å². The molecule has 0 aromatic heterocycles. The summed E-state index contributed by atoms with van der Waals surface area (Å²) >= 11 is 0. The van der Waals surface area contributed by atoms with E-state index < -0.39 is 0 Å². The van der Waals surface area contributed by atoms with Crippen LogP contribution in [0.4, 0.5) is 0 Å². The second-order valence-corrected chi connectivity index (χ2v) is 5.69. The number of nitriles is 1. The van der Waals surface area contributed by atoms with Crippen molar-refractivity contribution in [3.05, 3.63) is 35.9 Å². The lowest BCUT2D eigenvalue weighted by Gasteiger charge is -2.47. The summed E-state index contributed by atoms with van der Waals surface area (Å²) in [5.41, 5.74) is 1.41. The number of piperidine rings is 2. The Bertz CT molecular complexity index is 420. The summed E-state index contributed by atoms with van der Waals surface area (Å²) in [6, 6.07) is 14.5. The molecule has 0 spiro atoms. The zero-order valence-corrected chi connectivity index (χ0v) is 10.8. The van der Waals surface area contributed by atoms with Crippen molar-refractivity contribution in [2.45, 2.75) is 50.7 Å². The highest BCUT2D eigenvalue weighted by Gasteiger charge is 2.37. The summed E-state index contributed by atoms with van der Waals surface area (Å²) in [5, 5.41) is 9.15. The predicted molar refractivity (Wildman–Crippen MR) is 71.7 cm³/mol. The molecule has 2 heterocycles. The number of hydrogen-bond donors (Lipinski definition) is 0. The molecule has 0 amide bonds. The van der Waals surface area contributed by atoms with Crippen LogP contribution in [0, 0.1) is 17.2 Å². The smallest absolute Gasteiger partial charge is 0.0657 e. The standard InChI is InChI=1S/C16H20N2/c17-11-14-9-15-7-4-8-16(10-14)18(15)12-13-5-2-1-3-6-13/h1-3,5-6,14-16H,4,7-10,12H2/t14-,15-,16+. The highest BCUT2D eigenvalue weighted by atomic mass is 15.2. The van der Waals surface area contributed by atoms with Gasteiger partial charge in [0, 0.05) is 24.5 Å². The molecule has 1 aromatic carbocycles. The predicted octanol–water partition coefficient (Wildman–Crippen LogP) is 3.34. The van der Waals surface area contributed by atoms with Crippen LogP contribution in [-0.4, -0.2) is 17.0 Å². The Labute approximate surface area is 109 Å². The van der Waals surface area contributed by atoms with E-state index in [1.54, 1.807) is 0 Å². The molecular formula is C16H20N2. The van der Waals surface area contributed by atoms with Gasteiger partial charge in [-0.3, -0.25) is 4.90 Å². The van der Waals surface area contributed by atoms with Gasteiger partial charge in [-0.05, 0) is 31.2 Å². The Kier molecular flexibility index (Phi) is 3.34. The minimum atomic E-state index is 0.298. The van der Waals surface area contributed by atoms with E-state index in [1.807, 2.05) is 0 Å². The molecule has 2 saturated heterocycles. The minimum absolute atomic E-state index is 0.298. The van der Waals surface area contributed by atoms with Gasteiger partial charge >= 0.3 is 0 Å². The third-order valence-corrected chi connectivity index (χ3v) is 4.52. The highest BCUT2D eigenvalue weighted by molar-refractivity contribution is 5.15. The Morgan fingerprint density at radius 2 is 1.78 bits per heavy atom. The molecule has 2 nitrogen and oxygen atoms in total. The number of rotatable bonds is 2. The summed E-state index contributed by atoms with van der Waals surface area (Å²) in [7, 11) is 0. The van der Waals surface area contributed by atoms with E-state index in [0.29, 0.717) is 18.0 Å². The molecule has 2 aliphatic rings. The average molecular weight is 240 g/mol. The summed E-state index contributed by atoms with van der Waals surface area (Å²) in [6.07, 6.45) is 6.07. The van der Waals surface area contributed by atoms with Gasteiger partial charge < -0.3 is 0 Å². The largest absolute Gasteiger partial charge is 0.293 e. The lowest BCUT2D eigenvalue weighted by atomic mass is 9.79. The van der Waals surface area contributed by atoms with Gasteiger partial charge in [-0.2, -0.15) is 5.26 Å². The maximum Gasteiger partial charge on any atom is 0.0657 e. The fraction of sp³-hybridized carbons (Fsp3) is 0.562. The molecule has 18 heavy (non-hydrogen) atoms. The molecule has 2 aliphatic heterocycles. The maximum atomic E-state index is 9.15. The van der Waals surface area contributed by atoms with Gasteiger partial charge in [-0.25, -0.2) is 0 Å². The molecule has 1 aromatic rings. The van der Waals surface area contributed by atoms with Crippen molar-refractivity contribution in [1.29, 1.82) is 5.26 Å². The van der Waals surface area contributed by atoms with E-state index in [1.165, 1.54) is 24.8 Å². The van der Waals surface area contributed by atoms with Crippen molar-refractivity contribution >= 4 is 0 Å². The normalized spacial score (nSPS) is 31.8. The first-order chi connectivity index (χ1) is 8.86. The number of benzene rings is 1. The molecule has 3 rings (SSSR count). The molecule has 94 valence electrons. The molecule has 0 radical (unpaired) electrons. The first-order valence-corrected chi connectivity index (χ1v) is 7.06. The van der Waals surface area contributed by atoms with Crippen LogP contribution in [0.25, 0.3) is 0 Å². The first-order valence-electron chi connectivity index (χ1n) is 7.06. The zero-order chi connectivity index (χ0) is 12.4. The van der Waals surface area contributed by atoms with Gasteiger partial charge in [0.2, 0.25) is 0 Å². The minimum Gasteiger partial charge on any atom is -0.293 e. The van der Waals surface area contributed by atoms with Gasteiger partial charge in [0.25, 0.3) is 0 Å². The number of nitrogens with zero attached hydrogens (tertiary/aromatic N) is 2. The van der Waals surface area contributed by atoms with E-state index in [4.69, 9.17) is 5.26 Å². The third kappa shape index (κ3) is 2.28. The monoisotopic (exact) mass is 240 g/mol. The molecular weight excluding hydrogens is 220 g/mol. The lowest BCUT2D eigenvalue weighted by Crippen LogP contribution is -2.51. The maximum absolute atomic E-state index is 9.15. The fourth-order valence-corrected chi connectivity index (χ4v) is 3.64. The SMILES string of the molecule is N#C[C@@H]1C[C@H]2CCC[C@@H](C1)N2Cc1ccccc1. The summed E-state index contributed by atoms with van der Waals surface area (Å²) in [4.78, 5) is 2.66. The van der Waals surface area contributed by atoms with Crippen LogP contribution in [0.15, 0.2) is 30.3 Å². The Hall–Kier alpha value is -1.33. The molecule has 2 bridgehead atoms. The van der Waals surface area contributed by atoms with E-state index in [0.717, 1.165) is 19.4 Å². The summed E-state index contributed by atoms with van der Waals surface area (Å²) < 4.78 is 0. The molecule has 0 unspecified atom stereocenters. The van der Waals surface area contributed by atoms with Crippen molar-refractivity contribution in [1.82, 2.24) is 4.90 Å².